The summed E-state index contributed by atoms with van der Waals surface area (Å²) in [5.41, 5.74) is 11.1. The van der Waals surface area contributed by atoms with Crippen LogP contribution in [0.25, 0.3) is 33.2 Å². The minimum Gasteiger partial charge on any atom is -0.453 e. The second-order valence-electron chi connectivity index (χ2n) is 22.1. The van der Waals surface area contributed by atoms with Crippen molar-refractivity contribution in [2.75, 3.05) is 38.2 Å². The molecule has 76 heavy (non-hydrogen) atoms. The lowest BCUT2D eigenvalue weighted by atomic mass is 9.74. The number of amides is 4. The molecule has 6 heterocycles. The number of benzene rings is 2. The first-order valence-corrected chi connectivity index (χ1v) is 30.7. The molecule has 0 unspecified atom stereocenters. The lowest BCUT2D eigenvalue weighted by molar-refractivity contribution is -0.148. The number of hydrogen-bond acceptors (Lipinski definition) is 10. The minimum atomic E-state index is -0.662. The number of thioether (sulfide) groups is 2. The Morgan fingerprint density at radius 3 is 1.76 bits per heavy atom. The molecule has 14 nitrogen and oxygen atoms in total. The van der Waals surface area contributed by atoms with E-state index in [1.807, 2.05) is 17.4 Å². The van der Waals surface area contributed by atoms with E-state index in [1.165, 1.54) is 42.1 Å². The molecular formula is C60H80N8O6S2. The van der Waals surface area contributed by atoms with E-state index < -0.39 is 24.3 Å². The Morgan fingerprint density at radius 1 is 0.724 bits per heavy atom. The summed E-state index contributed by atoms with van der Waals surface area (Å²) in [7, 11) is 2.68. The lowest BCUT2D eigenvalue weighted by Gasteiger charge is -2.51. The van der Waals surface area contributed by atoms with Gasteiger partial charge in [0.2, 0.25) is 11.8 Å². The number of nitrogens with one attached hydrogen (secondary N) is 4. The number of imidazole rings is 2. The quantitative estimate of drug-likeness (QED) is 0.0951. The summed E-state index contributed by atoms with van der Waals surface area (Å²) in [5, 5.41) is 5.70. The van der Waals surface area contributed by atoms with Crippen LogP contribution in [0.3, 0.4) is 0 Å². The number of hydrogen-bond donors (Lipinski definition) is 4. The Bertz CT molecular complexity index is 2870. The molecule has 4 N–H and O–H groups in total. The van der Waals surface area contributed by atoms with Crippen LogP contribution in [0, 0.1) is 23.7 Å². The van der Waals surface area contributed by atoms with E-state index in [1.54, 1.807) is 23.5 Å². The number of methoxy groups -OCH3 is 2. The second-order valence-corrected chi connectivity index (χ2v) is 24.1. The van der Waals surface area contributed by atoms with Gasteiger partial charge in [-0.05, 0) is 204 Å². The minimum absolute atomic E-state index is 0.0520. The molecule has 4 aromatic rings. The maximum absolute atomic E-state index is 14.5. The number of alkyl carbamates (subject to hydrolysis) is 2. The summed E-state index contributed by atoms with van der Waals surface area (Å²) >= 11 is 3.32. The molecule has 6 atom stereocenters. The summed E-state index contributed by atoms with van der Waals surface area (Å²) in [5.74, 6) is 4.29. The number of carbonyl (C=O) groups excluding carboxylic acids is 4. The van der Waals surface area contributed by atoms with Gasteiger partial charge in [0.15, 0.2) is 0 Å². The van der Waals surface area contributed by atoms with E-state index in [-0.39, 0.29) is 36.0 Å². The van der Waals surface area contributed by atoms with E-state index in [9.17, 15) is 19.2 Å². The predicted molar refractivity (Wildman–Crippen MR) is 308 cm³/mol. The Morgan fingerprint density at radius 2 is 1.25 bits per heavy atom. The zero-order valence-corrected chi connectivity index (χ0v) is 47.5. The summed E-state index contributed by atoms with van der Waals surface area (Å²) in [6, 6.07) is 11.7. The van der Waals surface area contributed by atoms with Gasteiger partial charge in [0.05, 0.1) is 48.4 Å². The van der Waals surface area contributed by atoms with Crippen LogP contribution in [0.2, 0.25) is 0 Å². The van der Waals surface area contributed by atoms with Crippen LogP contribution in [0.1, 0.15) is 152 Å². The first kappa shape index (κ1) is 55.3. The average Bonchev–Trinajstić information content (AvgIpc) is 4.08. The number of aromatic nitrogens is 4. The molecule has 4 aliphatic heterocycles. The second kappa shape index (κ2) is 24.9. The third kappa shape index (κ3) is 12.0. The van der Waals surface area contributed by atoms with Gasteiger partial charge in [-0.2, -0.15) is 23.5 Å². The van der Waals surface area contributed by atoms with Gasteiger partial charge in [0, 0.05) is 12.1 Å². The number of fused-ring (bicyclic) bond motifs is 8. The standard InChI is InChI=1S/C60H80N8O6S2/c1-9-38-13-15-39(37(4)42-20-26-47-51(33-42)63-55(61-47)53-40-16-22-44(23-17-40)67(53)57(69)49(28-30-75-7)65-59(71)73-5)14-11-35(2)10-12-36(3)46(32-38)43-21-27-48-52(34-43)64-56(62-48)54-41-18-24-45(25-19-41)68(54)58(70)50(29-31-76-8)66-60(72)74-6/h9,11,14,20-21,26-27,32-36,40-41,44-45,49-50,53-54H,10,12-13,15-19,22-25,28-31H2,1-8H3,(H,61,63)(H,62,64)(H,65,71)(H,66,72)/b14-11-,38-9-,39-37-,46-32+/t35-,36-,40?,41?,44?,45?,49+,50+,53+,54+/m1/s1. The summed E-state index contributed by atoms with van der Waals surface area (Å²) < 4.78 is 9.89. The van der Waals surface area contributed by atoms with Gasteiger partial charge < -0.3 is 39.9 Å². The molecule has 7 aliphatic rings. The van der Waals surface area contributed by atoms with Crippen LogP contribution in [-0.4, -0.2) is 116 Å². The number of rotatable bonds is 14. The Balaban J connectivity index is 0.969. The molecule has 4 amide bonds. The van der Waals surface area contributed by atoms with Gasteiger partial charge in [0.25, 0.3) is 0 Å². The molecule has 0 spiro atoms. The third-order valence-electron chi connectivity index (χ3n) is 17.5. The van der Waals surface area contributed by atoms with Crippen molar-refractivity contribution in [1.29, 1.82) is 0 Å². The zero-order valence-electron chi connectivity index (χ0n) is 45.9. The van der Waals surface area contributed by atoms with E-state index in [2.05, 4.69) is 114 Å². The van der Waals surface area contributed by atoms with E-state index >= 15 is 0 Å². The molecule has 4 bridgehead atoms. The molecular weight excluding hydrogens is 993 g/mol. The first-order chi connectivity index (χ1) is 36.8. The lowest BCUT2D eigenvalue weighted by Crippen LogP contribution is -2.58. The smallest absolute Gasteiger partial charge is 0.407 e. The van der Waals surface area contributed by atoms with Gasteiger partial charge >= 0.3 is 12.2 Å². The van der Waals surface area contributed by atoms with Crippen molar-refractivity contribution in [3.8, 4) is 0 Å². The first-order valence-electron chi connectivity index (χ1n) is 27.9. The van der Waals surface area contributed by atoms with Crippen molar-refractivity contribution in [3.05, 3.63) is 94.6 Å². The van der Waals surface area contributed by atoms with E-state index in [0.717, 1.165) is 128 Å². The molecule has 2 saturated carbocycles. The number of allylic oxidation sites excluding steroid dienone is 8. The van der Waals surface area contributed by atoms with Crippen molar-refractivity contribution in [2.24, 2.45) is 23.7 Å². The molecule has 3 aliphatic carbocycles. The average molecular weight is 1070 g/mol. The Hall–Kier alpha value is -5.48. The monoisotopic (exact) mass is 1070 g/mol. The molecule has 2 aromatic heterocycles. The van der Waals surface area contributed by atoms with Gasteiger partial charge in [-0.3, -0.25) is 9.59 Å². The molecule has 4 saturated heterocycles. The van der Waals surface area contributed by atoms with Crippen molar-refractivity contribution >= 4 is 80.7 Å². The SMILES string of the molecule is C/C=C1\C=C(\c2ccc3nc([C@@H]4C5CCC(CC5)N4C(=O)[C@H](CCSC)NC(=O)OC)[nH]c3c2)[C@H](C)CC[C@@H](C)/C=C\C(=C(/C)c2ccc3nc([C@@H]4C5CCC(CC5)N4C(=O)[C@H](CCSC)NC(=O)OC)[nH]c3c2)CC1. The van der Waals surface area contributed by atoms with Gasteiger partial charge in [0.1, 0.15) is 23.7 Å². The van der Waals surface area contributed by atoms with Crippen LogP contribution < -0.4 is 10.6 Å². The molecule has 6 fully saturated rings. The highest BCUT2D eigenvalue weighted by Gasteiger charge is 2.49. The van der Waals surface area contributed by atoms with Crippen LogP contribution >= 0.6 is 23.5 Å². The van der Waals surface area contributed by atoms with Crippen molar-refractivity contribution < 1.29 is 28.7 Å². The number of piperidine rings is 4. The van der Waals surface area contributed by atoms with E-state index in [4.69, 9.17) is 19.4 Å². The summed E-state index contributed by atoms with van der Waals surface area (Å²) in [6.45, 7) is 9.06. The fourth-order valence-electron chi connectivity index (χ4n) is 13.1. The van der Waals surface area contributed by atoms with Gasteiger partial charge in [-0.1, -0.05) is 55.9 Å². The molecule has 0 radical (unpaired) electrons. The van der Waals surface area contributed by atoms with Gasteiger partial charge in [-0.15, -0.1) is 0 Å². The number of ether oxygens (including phenoxy) is 2. The third-order valence-corrected chi connectivity index (χ3v) is 18.7. The van der Waals surface area contributed by atoms with Crippen molar-refractivity contribution in [3.63, 3.8) is 0 Å². The number of H-pyrrole nitrogens is 2. The van der Waals surface area contributed by atoms with Gasteiger partial charge in [-0.25, -0.2) is 19.6 Å². The highest BCUT2D eigenvalue weighted by Crippen LogP contribution is 2.49. The summed E-state index contributed by atoms with van der Waals surface area (Å²) in [6.07, 6.45) is 25.2. The number of carbonyl (C=O) groups is 4. The summed E-state index contributed by atoms with van der Waals surface area (Å²) in [4.78, 5) is 75.7. The molecule has 2 aromatic carbocycles. The van der Waals surface area contributed by atoms with Crippen molar-refractivity contribution in [2.45, 2.75) is 154 Å². The highest BCUT2D eigenvalue weighted by molar-refractivity contribution is 7.98. The highest BCUT2D eigenvalue weighted by atomic mass is 32.2. The maximum Gasteiger partial charge on any atom is 0.407 e. The zero-order chi connectivity index (χ0) is 53.6. The van der Waals surface area contributed by atoms with E-state index in [0.29, 0.717) is 36.5 Å². The Kier molecular flexibility index (Phi) is 18.1. The topological polar surface area (TPSA) is 175 Å². The van der Waals surface area contributed by atoms with Crippen LogP contribution in [0.5, 0.6) is 0 Å². The Labute approximate surface area is 457 Å². The predicted octanol–water partition coefficient (Wildman–Crippen LogP) is 12.5. The molecule has 16 heteroatoms. The largest absolute Gasteiger partial charge is 0.453 e. The van der Waals surface area contributed by atoms with Crippen molar-refractivity contribution in [1.82, 2.24) is 40.4 Å². The van der Waals surface area contributed by atoms with Crippen LogP contribution in [0.4, 0.5) is 9.59 Å². The fraction of sp³-hybridized carbons (Fsp3) is 0.567. The number of nitrogens with zero attached hydrogens (tertiary/aromatic N) is 4. The normalized spacial score (nSPS) is 28.0. The van der Waals surface area contributed by atoms with Crippen LogP contribution in [0.15, 0.2) is 71.8 Å². The maximum atomic E-state index is 14.5. The molecule has 408 valence electrons. The molecule has 11 rings (SSSR count). The number of aromatic amines is 2. The fourth-order valence-corrected chi connectivity index (χ4v) is 14.0. The van der Waals surface area contributed by atoms with Crippen LogP contribution in [-0.2, 0) is 19.1 Å².